The van der Waals surface area contributed by atoms with Crippen molar-refractivity contribution < 1.29 is 18.7 Å². The van der Waals surface area contributed by atoms with Gasteiger partial charge in [-0.05, 0) is 48.4 Å². The van der Waals surface area contributed by atoms with E-state index < -0.39 is 0 Å². The molecule has 2 aromatic heterocycles. The van der Waals surface area contributed by atoms with Gasteiger partial charge in [-0.3, -0.25) is 9.89 Å². The van der Waals surface area contributed by atoms with Crippen LogP contribution in [0.4, 0.5) is 5.69 Å². The Morgan fingerprint density at radius 2 is 1.77 bits per heavy atom. The lowest BCUT2D eigenvalue weighted by atomic mass is 10.1. The molecule has 0 aliphatic rings. The van der Waals surface area contributed by atoms with E-state index in [1.807, 2.05) is 61.5 Å². The Hall–Kier alpha value is -4.59. The normalized spacial score (nSPS) is 10.9. The number of H-pyrrole nitrogens is 1. The summed E-state index contributed by atoms with van der Waals surface area (Å²) in [7, 11) is 3.16. The van der Waals surface area contributed by atoms with E-state index in [1.165, 1.54) is 0 Å². The number of nitrogens with zero attached hydrogens (tertiary/aromatic N) is 2. The van der Waals surface area contributed by atoms with Gasteiger partial charge < -0.3 is 19.2 Å². The van der Waals surface area contributed by atoms with E-state index in [-0.39, 0.29) is 12.3 Å². The second kappa shape index (κ2) is 9.34. The Morgan fingerprint density at radius 3 is 2.46 bits per heavy atom. The first-order chi connectivity index (χ1) is 17.0. The number of benzene rings is 3. The summed E-state index contributed by atoms with van der Waals surface area (Å²) in [5, 5.41) is 10.2. The lowest BCUT2D eigenvalue weighted by Crippen LogP contribution is -2.14. The van der Waals surface area contributed by atoms with Crippen LogP contribution in [0.15, 0.2) is 71.3 Å². The zero-order chi connectivity index (χ0) is 24.4. The molecule has 0 saturated carbocycles. The minimum Gasteiger partial charge on any atom is -0.497 e. The number of methoxy groups -OCH3 is 2. The number of carbonyl (C=O) groups is 1. The SMILES string of the molecule is COc1cc(CC(=O)Nc2ccc(-c3[nH]ncc3-c3nc4c(C)cccc4o3)cc2)cc(OC)c1. The van der Waals surface area contributed by atoms with E-state index >= 15 is 0 Å². The van der Waals surface area contributed by atoms with Crippen LogP contribution in [-0.2, 0) is 11.2 Å². The van der Waals surface area contributed by atoms with Crippen LogP contribution in [0.25, 0.3) is 33.8 Å². The van der Waals surface area contributed by atoms with Gasteiger partial charge in [0.25, 0.3) is 0 Å². The summed E-state index contributed by atoms with van der Waals surface area (Å²) in [5.41, 5.74) is 6.56. The average Bonchev–Trinajstić information content (AvgIpc) is 3.52. The van der Waals surface area contributed by atoms with Crippen molar-refractivity contribution in [3.63, 3.8) is 0 Å². The maximum Gasteiger partial charge on any atom is 0.231 e. The van der Waals surface area contributed by atoms with Gasteiger partial charge in [-0.1, -0.05) is 24.3 Å². The van der Waals surface area contributed by atoms with Gasteiger partial charge in [0.15, 0.2) is 5.58 Å². The highest BCUT2D eigenvalue weighted by molar-refractivity contribution is 5.93. The summed E-state index contributed by atoms with van der Waals surface area (Å²) < 4.78 is 16.5. The van der Waals surface area contributed by atoms with Crippen molar-refractivity contribution in [2.75, 3.05) is 19.5 Å². The van der Waals surface area contributed by atoms with Gasteiger partial charge in [-0.25, -0.2) is 4.98 Å². The Balaban J connectivity index is 1.32. The number of oxazole rings is 1. The first-order valence-corrected chi connectivity index (χ1v) is 11.1. The number of hydrogen-bond donors (Lipinski definition) is 2. The molecule has 0 atom stereocenters. The molecule has 3 aromatic carbocycles. The number of para-hydroxylation sites is 1. The molecule has 0 aliphatic carbocycles. The van der Waals surface area contributed by atoms with Gasteiger partial charge >= 0.3 is 0 Å². The molecule has 1 amide bonds. The smallest absolute Gasteiger partial charge is 0.231 e. The third-order valence-corrected chi connectivity index (χ3v) is 5.72. The van der Waals surface area contributed by atoms with Crippen LogP contribution in [-0.4, -0.2) is 35.3 Å². The van der Waals surface area contributed by atoms with Gasteiger partial charge in [-0.2, -0.15) is 5.10 Å². The highest BCUT2D eigenvalue weighted by Crippen LogP contribution is 2.33. The third-order valence-electron chi connectivity index (χ3n) is 5.72. The number of aromatic nitrogens is 3. The van der Waals surface area contributed by atoms with Gasteiger partial charge in [0, 0.05) is 17.3 Å². The molecule has 0 bridgehead atoms. The monoisotopic (exact) mass is 468 g/mol. The van der Waals surface area contributed by atoms with E-state index in [0.717, 1.165) is 39.0 Å². The van der Waals surface area contributed by atoms with Crippen LogP contribution < -0.4 is 14.8 Å². The van der Waals surface area contributed by atoms with Crippen molar-refractivity contribution in [3.05, 3.63) is 78.0 Å². The molecule has 0 aliphatic heterocycles. The largest absolute Gasteiger partial charge is 0.497 e. The van der Waals surface area contributed by atoms with Crippen LogP contribution in [0.3, 0.4) is 0 Å². The molecule has 0 fully saturated rings. The minimum absolute atomic E-state index is 0.142. The predicted octanol–water partition coefficient (Wildman–Crippen LogP) is 5.39. The third kappa shape index (κ3) is 4.59. The molecule has 8 heteroatoms. The van der Waals surface area contributed by atoms with Crippen molar-refractivity contribution in [1.82, 2.24) is 15.2 Å². The van der Waals surface area contributed by atoms with Crippen molar-refractivity contribution in [2.45, 2.75) is 13.3 Å². The molecule has 2 heterocycles. The first kappa shape index (κ1) is 22.2. The van der Waals surface area contributed by atoms with Crippen LogP contribution >= 0.6 is 0 Å². The molecular formula is C27H24N4O4. The van der Waals surface area contributed by atoms with E-state index in [4.69, 9.17) is 13.9 Å². The molecule has 8 nitrogen and oxygen atoms in total. The molecule has 2 N–H and O–H groups in total. The summed E-state index contributed by atoms with van der Waals surface area (Å²) >= 11 is 0. The fraction of sp³-hybridized carbons (Fsp3) is 0.148. The highest BCUT2D eigenvalue weighted by Gasteiger charge is 2.17. The van der Waals surface area contributed by atoms with E-state index in [2.05, 4.69) is 20.5 Å². The topological polar surface area (TPSA) is 102 Å². The van der Waals surface area contributed by atoms with Crippen LogP contribution in [0.5, 0.6) is 11.5 Å². The van der Waals surface area contributed by atoms with Crippen LogP contribution in [0, 0.1) is 6.92 Å². The number of carbonyl (C=O) groups excluding carboxylic acids is 1. The highest BCUT2D eigenvalue weighted by atomic mass is 16.5. The van der Waals surface area contributed by atoms with Gasteiger partial charge in [-0.15, -0.1) is 0 Å². The molecule has 0 spiro atoms. The van der Waals surface area contributed by atoms with Gasteiger partial charge in [0.05, 0.1) is 38.1 Å². The lowest BCUT2D eigenvalue weighted by molar-refractivity contribution is -0.115. The second-order valence-corrected chi connectivity index (χ2v) is 8.12. The van der Waals surface area contributed by atoms with Crippen molar-refractivity contribution in [1.29, 1.82) is 0 Å². The number of ether oxygens (including phenoxy) is 2. The quantitative estimate of drug-likeness (QED) is 0.332. The van der Waals surface area contributed by atoms with E-state index in [9.17, 15) is 4.79 Å². The van der Waals surface area contributed by atoms with Crippen molar-refractivity contribution in [2.24, 2.45) is 0 Å². The molecule has 5 aromatic rings. The Labute approximate surface area is 201 Å². The lowest BCUT2D eigenvalue weighted by Gasteiger charge is -2.09. The number of amides is 1. The predicted molar refractivity (Wildman–Crippen MR) is 134 cm³/mol. The van der Waals surface area contributed by atoms with Crippen molar-refractivity contribution in [3.8, 4) is 34.2 Å². The molecule has 35 heavy (non-hydrogen) atoms. The second-order valence-electron chi connectivity index (χ2n) is 8.12. The first-order valence-electron chi connectivity index (χ1n) is 11.1. The van der Waals surface area contributed by atoms with Gasteiger partial charge in [0.2, 0.25) is 11.8 Å². The molecule has 0 unspecified atom stereocenters. The summed E-state index contributed by atoms with van der Waals surface area (Å²) in [6.45, 7) is 2.00. The van der Waals surface area contributed by atoms with Crippen LogP contribution in [0.2, 0.25) is 0 Å². The molecular weight excluding hydrogens is 444 g/mol. The standard InChI is InChI=1S/C27H24N4O4/c1-16-5-4-6-23-25(16)30-27(35-23)22-15-28-31-26(22)18-7-9-19(10-8-18)29-24(32)13-17-11-20(33-2)14-21(12-17)34-3/h4-12,14-15H,13H2,1-3H3,(H,28,31)(H,29,32). The fourth-order valence-corrected chi connectivity index (χ4v) is 3.95. The Bertz CT molecular complexity index is 1480. The minimum atomic E-state index is -0.142. The zero-order valence-corrected chi connectivity index (χ0v) is 19.6. The molecule has 0 saturated heterocycles. The summed E-state index contributed by atoms with van der Waals surface area (Å²) in [5.74, 6) is 1.64. The number of aryl methyl sites for hydroxylation is 1. The number of hydrogen-bond acceptors (Lipinski definition) is 6. The Kier molecular flexibility index (Phi) is 5.93. The number of anilines is 1. The molecule has 5 rings (SSSR count). The average molecular weight is 469 g/mol. The maximum absolute atomic E-state index is 12.6. The van der Waals surface area contributed by atoms with E-state index in [0.29, 0.717) is 23.1 Å². The zero-order valence-electron chi connectivity index (χ0n) is 19.6. The number of fused-ring (bicyclic) bond motifs is 1. The number of rotatable bonds is 7. The van der Waals surface area contributed by atoms with Crippen LogP contribution in [0.1, 0.15) is 11.1 Å². The van der Waals surface area contributed by atoms with E-state index in [1.54, 1.807) is 26.5 Å². The number of nitrogens with one attached hydrogen (secondary N) is 2. The van der Waals surface area contributed by atoms with Gasteiger partial charge in [0.1, 0.15) is 17.0 Å². The molecule has 176 valence electrons. The summed E-state index contributed by atoms with van der Waals surface area (Å²) in [6, 6.07) is 18.8. The Morgan fingerprint density at radius 1 is 1.03 bits per heavy atom. The molecule has 0 radical (unpaired) electrons. The summed E-state index contributed by atoms with van der Waals surface area (Å²) in [4.78, 5) is 17.3. The number of aromatic amines is 1. The maximum atomic E-state index is 12.6. The fourth-order valence-electron chi connectivity index (χ4n) is 3.95. The van der Waals surface area contributed by atoms with Crippen molar-refractivity contribution >= 4 is 22.7 Å². The summed E-state index contributed by atoms with van der Waals surface area (Å²) in [6.07, 6.45) is 1.89.